The quantitative estimate of drug-likeness (QED) is 0.202. The highest BCUT2D eigenvalue weighted by Gasteiger charge is 2.35. The van der Waals surface area contributed by atoms with Crippen molar-refractivity contribution in [3.8, 4) is 44.5 Å². The van der Waals surface area contributed by atoms with Crippen LogP contribution in [0, 0.1) is 0 Å². The van der Waals surface area contributed by atoms with E-state index in [-0.39, 0.29) is 5.41 Å². The summed E-state index contributed by atoms with van der Waals surface area (Å²) in [7, 11) is 0. The summed E-state index contributed by atoms with van der Waals surface area (Å²) in [6, 6.07) is 53.6. The molecule has 1 aliphatic carbocycles. The van der Waals surface area contributed by atoms with Gasteiger partial charge in [-0.2, -0.15) is 0 Å². The van der Waals surface area contributed by atoms with Gasteiger partial charge in [0, 0.05) is 5.41 Å². The maximum absolute atomic E-state index is 2.46. The van der Waals surface area contributed by atoms with Crippen LogP contribution in [0.15, 0.2) is 146 Å². The second-order valence-electron chi connectivity index (χ2n) is 11.7. The van der Waals surface area contributed by atoms with Crippen molar-refractivity contribution in [3.63, 3.8) is 0 Å². The number of fused-ring (bicyclic) bond motifs is 5. The largest absolute Gasteiger partial charge is 0.0622 e. The second kappa shape index (κ2) is 9.04. The topological polar surface area (TPSA) is 0 Å². The molecule has 0 aliphatic heterocycles. The van der Waals surface area contributed by atoms with Gasteiger partial charge in [0.2, 0.25) is 0 Å². The Morgan fingerprint density at radius 1 is 0.341 bits per heavy atom. The number of rotatable bonds is 3. The van der Waals surface area contributed by atoms with Crippen molar-refractivity contribution in [3.05, 3.63) is 157 Å². The first kappa shape index (κ1) is 23.9. The van der Waals surface area contributed by atoms with E-state index in [1.165, 1.54) is 77.2 Å². The standard InChI is InChI=1S/C41H30/c1-41(2)37-19-11-10-14-31(37)32-25-24-30(26-38(32)41)40-35-17-8-6-15-33(35)39(34-16-7-9-18-36(34)40)29-22-20-28(21-23-29)27-12-4-3-5-13-27/h3-26H,1-2H3. The third-order valence-electron chi connectivity index (χ3n) is 9.08. The van der Waals surface area contributed by atoms with Crippen molar-refractivity contribution in [2.24, 2.45) is 0 Å². The highest BCUT2D eigenvalue weighted by molar-refractivity contribution is 6.21. The van der Waals surface area contributed by atoms with Gasteiger partial charge in [0.1, 0.15) is 0 Å². The molecule has 0 bridgehead atoms. The summed E-state index contributed by atoms with van der Waals surface area (Å²) in [5.41, 5.74) is 13.1. The minimum Gasteiger partial charge on any atom is -0.0622 e. The van der Waals surface area contributed by atoms with Gasteiger partial charge in [-0.3, -0.25) is 0 Å². The molecule has 0 atom stereocenters. The zero-order valence-electron chi connectivity index (χ0n) is 23.4. The minimum absolute atomic E-state index is 0.0337. The van der Waals surface area contributed by atoms with Crippen molar-refractivity contribution in [1.82, 2.24) is 0 Å². The van der Waals surface area contributed by atoms with Crippen molar-refractivity contribution in [2.75, 3.05) is 0 Å². The normalized spacial score (nSPS) is 13.3. The maximum Gasteiger partial charge on any atom is 0.0159 e. The van der Waals surface area contributed by atoms with Crippen molar-refractivity contribution in [2.45, 2.75) is 19.3 Å². The molecule has 0 saturated heterocycles. The Balaban J connectivity index is 1.37. The van der Waals surface area contributed by atoms with Crippen molar-refractivity contribution < 1.29 is 0 Å². The predicted octanol–water partition coefficient (Wildman–Crippen LogP) is 11.3. The smallest absolute Gasteiger partial charge is 0.0159 e. The van der Waals surface area contributed by atoms with Crippen LogP contribution in [-0.4, -0.2) is 0 Å². The van der Waals surface area contributed by atoms with Gasteiger partial charge in [-0.15, -0.1) is 0 Å². The Bertz CT molecular complexity index is 2040. The van der Waals surface area contributed by atoms with Gasteiger partial charge in [0.05, 0.1) is 0 Å². The van der Waals surface area contributed by atoms with E-state index in [2.05, 4.69) is 159 Å². The first-order valence-corrected chi connectivity index (χ1v) is 14.5. The summed E-state index contributed by atoms with van der Waals surface area (Å²) in [5, 5.41) is 5.16. The first-order valence-electron chi connectivity index (χ1n) is 14.5. The molecular weight excluding hydrogens is 492 g/mol. The monoisotopic (exact) mass is 522 g/mol. The third-order valence-corrected chi connectivity index (χ3v) is 9.08. The summed E-state index contributed by atoms with van der Waals surface area (Å²) < 4.78 is 0. The van der Waals surface area contributed by atoms with Gasteiger partial charge in [-0.05, 0) is 83.2 Å². The summed E-state index contributed by atoms with van der Waals surface area (Å²) in [4.78, 5) is 0. The minimum atomic E-state index is -0.0337. The number of benzene rings is 7. The molecule has 41 heavy (non-hydrogen) atoms. The molecule has 0 radical (unpaired) electrons. The summed E-state index contributed by atoms with van der Waals surface area (Å²) in [6.07, 6.45) is 0. The molecule has 1 aliphatic rings. The Morgan fingerprint density at radius 3 is 1.41 bits per heavy atom. The van der Waals surface area contributed by atoms with Crippen LogP contribution < -0.4 is 0 Å². The van der Waals surface area contributed by atoms with Gasteiger partial charge in [0.15, 0.2) is 0 Å². The lowest BCUT2D eigenvalue weighted by molar-refractivity contribution is 0.660. The van der Waals surface area contributed by atoms with Crippen LogP contribution in [0.1, 0.15) is 25.0 Å². The molecule has 0 fully saturated rings. The van der Waals surface area contributed by atoms with E-state index in [1.54, 1.807) is 0 Å². The average molecular weight is 523 g/mol. The fraction of sp³-hybridized carbons (Fsp3) is 0.0732. The average Bonchev–Trinajstić information content (AvgIpc) is 3.26. The lowest BCUT2D eigenvalue weighted by Crippen LogP contribution is -2.14. The van der Waals surface area contributed by atoms with Crippen LogP contribution >= 0.6 is 0 Å². The van der Waals surface area contributed by atoms with E-state index in [0.29, 0.717) is 0 Å². The Hall–Kier alpha value is -4.94. The van der Waals surface area contributed by atoms with Crippen LogP contribution in [0.2, 0.25) is 0 Å². The number of hydrogen-bond acceptors (Lipinski definition) is 0. The molecule has 0 N–H and O–H groups in total. The molecule has 0 unspecified atom stereocenters. The van der Waals surface area contributed by atoms with E-state index < -0.39 is 0 Å². The van der Waals surface area contributed by atoms with Gasteiger partial charge in [-0.25, -0.2) is 0 Å². The molecule has 0 heteroatoms. The molecule has 0 heterocycles. The van der Waals surface area contributed by atoms with Crippen LogP contribution in [0.25, 0.3) is 66.1 Å². The fourth-order valence-electron chi connectivity index (χ4n) is 7.07. The summed E-state index contributed by atoms with van der Waals surface area (Å²) >= 11 is 0. The van der Waals surface area contributed by atoms with Gasteiger partial charge in [0.25, 0.3) is 0 Å². The Kier molecular flexibility index (Phi) is 5.27. The Morgan fingerprint density at radius 2 is 0.780 bits per heavy atom. The second-order valence-corrected chi connectivity index (χ2v) is 11.7. The predicted molar refractivity (Wildman–Crippen MR) is 175 cm³/mol. The van der Waals surface area contributed by atoms with Crippen LogP contribution in [0.3, 0.4) is 0 Å². The molecule has 0 saturated carbocycles. The highest BCUT2D eigenvalue weighted by atomic mass is 14.4. The fourth-order valence-corrected chi connectivity index (χ4v) is 7.07. The first-order chi connectivity index (χ1) is 20.1. The zero-order chi connectivity index (χ0) is 27.6. The molecule has 0 amide bonds. The van der Waals surface area contributed by atoms with E-state index in [0.717, 1.165) is 0 Å². The van der Waals surface area contributed by atoms with Gasteiger partial charge < -0.3 is 0 Å². The lowest BCUT2D eigenvalue weighted by Gasteiger charge is -2.23. The zero-order valence-corrected chi connectivity index (χ0v) is 23.4. The van der Waals surface area contributed by atoms with E-state index in [4.69, 9.17) is 0 Å². The molecule has 194 valence electrons. The van der Waals surface area contributed by atoms with E-state index in [1.807, 2.05) is 0 Å². The van der Waals surface area contributed by atoms with E-state index >= 15 is 0 Å². The van der Waals surface area contributed by atoms with Crippen LogP contribution in [0.5, 0.6) is 0 Å². The molecule has 0 nitrogen and oxygen atoms in total. The maximum atomic E-state index is 2.46. The highest BCUT2D eigenvalue weighted by Crippen LogP contribution is 2.51. The number of hydrogen-bond donors (Lipinski definition) is 0. The third kappa shape index (κ3) is 3.61. The molecule has 7 aromatic carbocycles. The van der Waals surface area contributed by atoms with Crippen molar-refractivity contribution >= 4 is 21.5 Å². The Labute approximate surface area is 241 Å². The molecular formula is C41H30. The SMILES string of the molecule is CC1(C)c2ccccc2-c2ccc(-c3c4ccccc4c(-c4ccc(-c5ccccc5)cc4)c4ccccc34)cc21. The van der Waals surface area contributed by atoms with E-state index in [9.17, 15) is 0 Å². The molecule has 7 aromatic rings. The molecule has 0 spiro atoms. The molecule has 8 rings (SSSR count). The lowest BCUT2D eigenvalue weighted by atomic mass is 9.80. The van der Waals surface area contributed by atoms with Crippen LogP contribution in [-0.2, 0) is 5.41 Å². The van der Waals surface area contributed by atoms with Crippen molar-refractivity contribution in [1.29, 1.82) is 0 Å². The van der Waals surface area contributed by atoms with Gasteiger partial charge in [-0.1, -0.05) is 153 Å². The molecule has 0 aromatic heterocycles. The summed E-state index contributed by atoms with van der Waals surface area (Å²) in [6.45, 7) is 4.72. The summed E-state index contributed by atoms with van der Waals surface area (Å²) in [5.74, 6) is 0. The van der Waals surface area contributed by atoms with Crippen LogP contribution in [0.4, 0.5) is 0 Å². The van der Waals surface area contributed by atoms with Gasteiger partial charge >= 0.3 is 0 Å².